The summed E-state index contributed by atoms with van der Waals surface area (Å²) in [5.41, 5.74) is 0. The van der Waals surface area contributed by atoms with E-state index in [-0.39, 0.29) is 19.1 Å². The predicted molar refractivity (Wildman–Crippen MR) is 72.7 cm³/mol. The Balaban J connectivity index is 2.59. The van der Waals surface area contributed by atoms with Gasteiger partial charge in [0.2, 0.25) is 0 Å². The van der Waals surface area contributed by atoms with E-state index >= 15 is 0 Å². The number of nitrogens with zero attached hydrogens (tertiary/aromatic N) is 2. The van der Waals surface area contributed by atoms with Gasteiger partial charge in [-0.3, -0.25) is 4.79 Å². The van der Waals surface area contributed by atoms with Crippen LogP contribution in [0, 0.1) is 5.92 Å². The van der Waals surface area contributed by atoms with Gasteiger partial charge in [-0.1, -0.05) is 0 Å². The first kappa shape index (κ1) is 16.7. The normalized spacial score (nSPS) is 18.9. The molecule has 1 rings (SSSR count). The molecule has 0 aromatic rings. The Hall–Kier alpha value is -1.34. The van der Waals surface area contributed by atoms with E-state index < -0.39 is 5.97 Å². The summed E-state index contributed by atoms with van der Waals surface area (Å²) in [6.45, 7) is 2.23. The molecule has 0 saturated carbocycles. The first-order valence-electron chi connectivity index (χ1n) is 6.82. The van der Waals surface area contributed by atoms with Crippen LogP contribution < -0.4 is 0 Å². The zero-order valence-corrected chi connectivity index (χ0v) is 12.2. The molecule has 7 nitrogen and oxygen atoms in total. The Labute approximate surface area is 119 Å². The monoisotopic (exact) mass is 288 g/mol. The topological polar surface area (TPSA) is 79.3 Å². The zero-order chi connectivity index (χ0) is 15.0. The maximum Gasteiger partial charge on any atom is 0.323 e. The Morgan fingerprint density at radius 1 is 1.35 bits per heavy atom. The number of ether oxygens (including phenoxy) is 2. The third-order valence-corrected chi connectivity index (χ3v) is 3.35. The molecule has 20 heavy (non-hydrogen) atoms. The maximum absolute atomic E-state index is 12.4. The summed E-state index contributed by atoms with van der Waals surface area (Å²) < 4.78 is 10.1. The van der Waals surface area contributed by atoms with Gasteiger partial charge in [0.05, 0.1) is 13.2 Å². The number of urea groups is 1. The largest absolute Gasteiger partial charge is 0.480 e. The number of aliphatic carboxylic acids is 1. The van der Waals surface area contributed by atoms with E-state index in [1.54, 1.807) is 12.0 Å². The quantitative estimate of drug-likeness (QED) is 0.738. The highest BCUT2D eigenvalue weighted by Gasteiger charge is 2.27. The number of piperidine rings is 1. The van der Waals surface area contributed by atoms with Gasteiger partial charge in [0, 0.05) is 39.8 Å². The highest BCUT2D eigenvalue weighted by atomic mass is 16.5. The van der Waals surface area contributed by atoms with Crippen LogP contribution in [0.25, 0.3) is 0 Å². The Bertz CT molecular complexity index is 322. The van der Waals surface area contributed by atoms with Crippen molar-refractivity contribution >= 4 is 12.0 Å². The van der Waals surface area contributed by atoms with Gasteiger partial charge in [-0.05, 0) is 12.8 Å². The van der Waals surface area contributed by atoms with E-state index in [0.29, 0.717) is 32.2 Å². The van der Waals surface area contributed by atoms with Crippen molar-refractivity contribution in [3.63, 3.8) is 0 Å². The van der Waals surface area contributed by atoms with Gasteiger partial charge < -0.3 is 24.4 Å². The van der Waals surface area contributed by atoms with Crippen molar-refractivity contribution in [2.45, 2.75) is 12.8 Å². The molecule has 1 atom stereocenters. The maximum atomic E-state index is 12.4. The summed E-state index contributed by atoms with van der Waals surface area (Å²) in [6.07, 6.45) is 1.96. The van der Waals surface area contributed by atoms with E-state index in [2.05, 4.69) is 0 Å². The Morgan fingerprint density at radius 2 is 2.10 bits per heavy atom. The summed E-state index contributed by atoms with van der Waals surface area (Å²) in [5.74, 6) is -0.688. The van der Waals surface area contributed by atoms with Gasteiger partial charge in [-0.15, -0.1) is 0 Å². The van der Waals surface area contributed by atoms with Crippen LogP contribution >= 0.6 is 0 Å². The SMILES string of the molecule is COCCN(CC(=O)O)C(=O)N1CCCC(COC)C1. The minimum atomic E-state index is -1.01. The lowest BCUT2D eigenvalue weighted by Crippen LogP contribution is -2.50. The lowest BCUT2D eigenvalue weighted by atomic mass is 9.99. The molecular weight excluding hydrogens is 264 g/mol. The average Bonchev–Trinajstić information content (AvgIpc) is 2.43. The van der Waals surface area contributed by atoms with Gasteiger partial charge >= 0.3 is 12.0 Å². The van der Waals surface area contributed by atoms with Gasteiger partial charge in [0.25, 0.3) is 0 Å². The summed E-state index contributed by atoms with van der Waals surface area (Å²) in [7, 11) is 3.18. The molecule has 1 aliphatic heterocycles. The molecule has 116 valence electrons. The zero-order valence-electron chi connectivity index (χ0n) is 12.2. The van der Waals surface area contributed by atoms with Crippen molar-refractivity contribution in [2.75, 3.05) is 53.6 Å². The number of hydrogen-bond donors (Lipinski definition) is 1. The number of amides is 2. The summed E-state index contributed by atoms with van der Waals surface area (Å²) in [5, 5.41) is 8.89. The molecule has 1 fully saturated rings. The van der Waals surface area contributed by atoms with Crippen LogP contribution in [0.2, 0.25) is 0 Å². The number of hydrogen-bond acceptors (Lipinski definition) is 4. The molecule has 0 aliphatic carbocycles. The fourth-order valence-corrected chi connectivity index (χ4v) is 2.42. The molecule has 1 saturated heterocycles. The number of carbonyl (C=O) groups excluding carboxylic acids is 1. The van der Waals surface area contributed by atoms with Crippen molar-refractivity contribution in [1.82, 2.24) is 9.80 Å². The molecular formula is C13H24N2O5. The average molecular weight is 288 g/mol. The Kier molecular flexibility index (Phi) is 7.32. The number of carboxylic acids is 1. The fraction of sp³-hybridized carbons (Fsp3) is 0.846. The number of carboxylic acid groups (broad SMARTS) is 1. The molecule has 1 aliphatic rings. The lowest BCUT2D eigenvalue weighted by Gasteiger charge is -2.35. The summed E-state index contributed by atoms with van der Waals surface area (Å²) in [4.78, 5) is 26.3. The van der Waals surface area contributed by atoms with Gasteiger partial charge in [-0.2, -0.15) is 0 Å². The smallest absolute Gasteiger partial charge is 0.323 e. The molecule has 2 amide bonds. The number of likely N-dealkylation sites (tertiary alicyclic amines) is 1. The second kappa shape index (κ2) is 8.76. The Morgan fingerprint density at radius 3 is 2.70 bits per heavy atom. The molecule has 1 heterocycles. The van der Waals surface area contributed by atoms with E-state index in [9.17, 15) is 9.59 Å². The minimum absolute atomic E-state index is 0.231. The van der Waals surface area contributed by atoms with E-state index in [1.807, 2.05) is 0 Å². The van der Waals surface area contributed by atoms with Crippen LogP contribution in [0.3, 0.4) is 0 Å². The molecule has 0 radical (unpaired) electrons. The van der Waals surface area contributed by atoms with Crippen molar-refractivity contribution in [3.8, 4) is 0 Å². The first-order valence-corrected chi connectivity index (χ1v) is 6.82. The third kappa shape index (κ3) is 5.34. The molecule has 0 spiro atoms. The van der Waals surface area contributed by atoms with E-state index in [0.717, 1.165) is 12.8 Å². The van der Waals surface area contributed by atoms with Crippen molar-refractivity contribution in [1.29, 1.82) is 0 Å². The van der Waals surface area contributed by atoms with Crippen LogP contribution in [-0.2, 0) is 14.3 Å². The second-order valence-electron chi connectivity index (χ2n) is 5.00. The van der Waals surface area contributed by atoms with E-state index in [4.69, 9.17) is 14.6 Å². The molecule has 0 aromatic heterocycles. The molecule has 1 unspecified atom stereocenters. The van der Waals surface area contributed by atoms with Crippen molar-refractivity contribution in [2.24, 2.45) is 5.92 Å². The van der Waals surface area contributed by atoms with Crippen LogP contribution in [0.4, 0.5) is 4.79 Å². The highest BCUT2D eigenvalue weighted by molar-refractivity contribution is 5.80. The molecule has 7 heteroatoms. The van der Waals surface area contributed by atoms with E-state index in [1.165, 1.54) is 12.0 Å². The van der Waals surface area contributed by atoms with Crippen molar-refractivity contribution in [3.05, 3.63) is 0 Å². The van der Waals surface area contributed by atoms with Crippen LogP contribution in [0.15, 0.2) is 0 Å². The number of carbonyl (C=O) groups is 2. The molecule has 0 aromatic carbocycles. The summed E-state index contributed by atoms with van der Waals surface area (Å²) >= 11 is 0. The predicted octanol–water partition coefficient (Wildman–Crippen LogP) is 0.498. The molecule has 1 N–H and O–H groups in total. The number of methoxy groups -OCH3 is 2. The second-order valence-corrected chi connectivity index (χ2v) is 5.00. The first-order chi connectivity index (χ1) is 9.58. The fourth-order valence-electron chi connectivity index (χ4n) is 2.42. The van der Waals surface area contributed by atoms with Gasteiger partial charge in [0.15, 0.2) is 0 Å². The standard InChI is InChI=1S/C13H24N2O5/c1-19-7-6-15(9-12(16)17)13(18)14-5-3-4-11(8-14)10-20-2/h11H,3-10H2,1-2H3,(H,16,17). The highest BCUT2D eigenvalue weighted by Crippen LogP contribution is 2.18. The summed E-state index contributed by atoms with van der Waals surface area (Å²) in [6, 6.07) is -0.231. The van der Waals surface area contributed by atoms with Crippen LogP contribution in [0.1, 0.15) is 12.8 Å². The molecule has 0 bridgehead atoms. The van der Waals surface area contributed by atoms with Crippen LogP contribution in [0.5, 0.6) is 0 Å². The van der Waals surface area contributed by atoms with Gasteiger partial charge in [-0.25, -0.2) is 4.79 Å². The van der Waals surface area contributed by atoms with Gasteiger partial charge in [0.1, 0.15) is 6.54 Å². The lowest BCUT2D eigenvalue weighted by molar-refractivity contribution is -0.137. The number of rotatable bonds is 7. The van der Waals surface area contributed by atoms with Crippen LogP contribution in [-0.4, -0.2) is 80.5 Å². The third-order valence-electron chi connectivity index (χ3n) is 3.35. The minimum Gasteiger partial charge on any atom is -0.480 e. The van der Waals surface area contributed by atoms with Crippen molar-refractivity contribution < 1.29 is 24.2 Å².